The summed E-state index contributed by atoms with van der Waals surface area (Å²) in [5.41, 5.74) is 5.84. The summed E-state index contributed by atoms with van der Waals surface area (Å²) >= 11 is 0. The fourth-order valence-electron chi connectivity index (χ4n) is 1.52. The van der Waals surface area contributed by atoms with E-state index >= 15 is 0 Å². The number of hydrogen-bond donors (Lipinski definition) is 2. The number of nitrogens with zero attached hydrogens (tertiary/aromatic N) is 2. The molecule has 0 aliphatic rings. The zero-order valence-electron chi connectivity index (χ0n) is 10.4. The maximum Gasteiger partial charge on any atom is 0.246 e. The van der Waals surface area contributed by atoms with Crippen molar-refractivity contribution >= 4 is 15.7 Å². The predicted molar refractivity (Wildman–Crippen MR) is 69.4 cm³/mol. The van der Waals surface area contributed by atoms with E-state index in [9.17, 15) is 8.42 Å². The highest BCUT2D eigenvalue weighted by molar-refractivity contribution is 7.89. The van der Waals surface area contributed by atoms with Crippen molar-refractivity contribution in [2.75, 3.05) is 25.9 Å². The minimum absolute atomic E-state index is 0.0367. The van der Waals surface area contributed by atoms with E-state index in [4.69, 9.17) is 10.8 Å². The highest BCUT2D eigenvalue weighted by Gasteiger charge is 2.22. The number of nitrogen functional groups attached to an aromatic ring is 1. The topological polar surface area (TPSA) is 96.5 Å². The highest BCUT2D eigenvalue weighted by atomic mass is 32.2. The molecule has 0 saturated carbocycles. The Bertz CT molecular complexity index is 476. The van der Waals surface area contributed by atoms with E-state index in [1.807, 2.05) is 0 Å². The lowest BCUT2D eigenvalue weighted by Gasteiger charge is -2.17. The molecule has 0 unspecified atom stereocenters. The molecule has 0 fully saturated rings. The average Bonchev–Trinajstić information content (AvgIpc) is 2.34. The van der Waals surface area contributed by atoms with Crippen LogP contribution in [0.1, 0.15) is 19.3 Å². The SMILES string of the molecule is CN(CCCCCO)S(=O)(=O)c1cnccc1N. The molecule has 1 aromatic rings. The van der Waals surface area contributed by atoms with Crippen LogP contribution in [0.4, 0.5) is 5.69 Å². The van der Waals surface area contributed by atoms with Crippen molar-refractivity contribution in [2.24, 2.45) is 0 Å². The Hall–Kier alpha value is -1.18. The number of aliphatic hydroxyl groups is 1. The number of aromatic nitrogens is 1. The average molecular weight is 273 g/mol. The smallest absolute Gasteiger partial charge is 0.246 e. The van der Waals surface area contributed by atoms with Crippen molar-refractivity contribution in [3.05, 3.63) is 18.5 Å². The number of rotatable bonds is 7. The van der Waals surface area contributed by atoms with Crippen LogP contribution in [0, 0.1) is 0 Å². The minimum Gasteiger partial charge on any atom is -0.398 e. The van der Waals surface area contributed by atoms with Crippen LogP contribution >= 0.6 is 0 Å². The number of pyridine rings is 1. The molecule has 0 aromatic carbocycles. The second-order valence-corrected chi connectivity index (χ2v) is 6.04. The molecule has 0 aliphatic heterocycles. The van der Waals surface area contributed by atoms with Gasteiger partial charge in [0, 0.05) is 32.6 Å². The first-order valence-corrected chi connectivity index (χ1v) is 7.21. The van der Waals surface area contributed by atoms with E-state index in [-0.39, 0.29) is 17.2 Å². The van der Waals surface area contributed by atoms with Gasteiger partial charge < -0.3 is 10.8 Å². The molecule has 6 nitrogen and oxygen atoms in total. The normalized spacial score (nSPS) is 11.9. The zero-order valence-corrected chi connectivity index (χ0v) is 11.2. The molecule has 18 heavy (non-hydrogen) atoms. The molecule has 1 rings (SSSR count). The summed E-state index contributed by atoms with van der Waals surface area (Å²) in [6, 6.07) is 1.46. The Morgan fingerprint density at radius 1 is 1.39 bits per heavy atom. The van der Waals surface area contributed by atoms with Gasteiger partial charge in [-0.3, -0.25) is 4.98 Å². The molecule has 0 aliphatic carbocycles. The van der Waals surface area contributed by atoms with Crippen molar-refractivity contribution in [2.45, 2.75) is 24.2 Å². The fourth-order valence-corrected chi connectivity index (χ4v) is 2.78. The monoisotopic (exact) mass is 273 g/mol. The number of sulfonamides is 1. The summed E-state index contributed by atoms with van der Waals surface area (Å²) in [6.45, 7) is 0.530. The molecule has 102 valence electrons. The van der Waals surface area contributed by atoms with Gasteiger partial charge in [0.05, 0.1) is 5.69 Å². The van der Waals surface area contributed by atoms with Crippen LogP contribution in [0.25, 0.3) is 0 Å². The summed E-state index contributed by atoms with van der Waals surface area (Å²) in [5.74, 6) is 0. The van der Waals surface area contributed by atoms with Gasteiger partial charge in [-0.1, -0.05) is 0 Å². The van der Waals surface area contributed by atoms with Crippen LogP contribution in [-0.2, 0) is 10.0 Å². The highest BCUT2D eigenvalue weighted by Crippen LogP contribution is 2.19. The lowest BCUT2D eigenvalue weighted by molar-refractivity contribution is 0.281. The summed E-state index contributed by atoms with van der Waals surface area (Å²) in [7, 11) is -2.06. The van der Waals surface area contributed by atoms with E-state index in [2.05, 4.69) is 4.98 Å². The molecular formula is C11H19N3O3S. The second kappa shape index (κ2) is 6.67. The lowest BCUT2D eigenvalue weighted by atomic mass is 10.2. The molecule has 0 bridgehead atoms. The molecule has 7 heteroatoms. The van der Waals surface area contributed by atoms with Gasteiger partial charge in [-0.05, 0) is 25.3 Å². The second-order valence-electron chi connectivity index (χ2n) is 4.02. The first-order valence-electron chi connectivity index (χ1n) is 5.77. The van der Waals surface area contributed by atoms with E-state index in [1.54, 1.807) is 0 Å². The van der Waals surface area contributed by atoms with Crippen molar-refractivity contribution in [1.82, 2.24) is 9.29 Å². The molecule has 1 heterocycles. The number of unbranched alkanes of at least 4 members (excludes halogenated alkanes) is 2. The van der Waals surface area contributed by atoms with Crippen LogP contribution in [-0.4, -0.2) is 43.0 Å². The van der Waals surface area contributed by atoms with E-state index < -0.39 is 10.0 Å². The molecule has 1 aromatic heterocycles. The van der Waals surface area contributed by atoms with Gasteiger partial charge >= 0.3 is 0 Å². The number of hydrogen-bond acceptors (Lipinski definition) is 5. The Morgan fingerprint density at radius 3 is 2.72 bits per heavy atom. The van der Waals surface area contributed by atoms with Crippen molar-refractivity contribution in [1.29, 1.82) is 0 Å². The Kier molecular flexibility index (Phi) is 5.52. The molecule has 3 N–H and O–H groups in total. The van der Waals surface area contributed by atoms with Crippen LogP contribution in [0.2, 0.25) is 0 Å². The Labute approximate surface area is 107 Å². The molecular weight excluding hydrogens is 254 g/mol. The predicted octanol–water partition coefficient (Wildman–Crippen LogP) is 0.447. The third-order valence-corrected chi connectivity index (χ3v) is 4.54. The van der Waals surface area contributed by atoms with Gasteiger partial charge in [-0.25, -0.2) is 12.7 Å². The minimum atomic E-state index is -3.57. The molecule has 0 atom stereocenters. The van der Waals surface area contributed by atoms with Gasteiger partial charge in [0.2, 0.25) is 10.0 Å². The van der Waals surface area contributed by atoms with Gasteiger partial charge in [0.15, 0.2) is 0 Å². The van der Waals surface area contributed by atoms with Gasteiger partial charge in [0.25, 0.3) is 0 Å². The van der Waals surface area contributed by atoms with Gasteiger partial charge in [-0.15, -0.1) is 0 Å². The molecule has 0 saturated heterocycles. The fraction of sp³-hybridized carbons (Fsp3) is 0.545. The van der Waals surface area contributed by atoms with Crippen LogP contribution in [0.15, 0.2) is 23.4 Å². The van der Waals surface area contributed by atoms with Crippen molar-refractivity contribution in [3.63, 3.8) is 0 Å². The first kappa shape index (κ1) is 14.9. The van der Waals surface area contributed by atoms with E-state index in [0.717, 1.165) is 6.42 Å². The van der Waals surface area contributed by atoms with Crippen molar-refractivity contribution in [3.8, 4) is 0 Å². The maximum atomic E-state index is 12.2. The van der Waals surface area contributed by atoms with Gasteiger partial charge in [-0.2, -0.15) is 0 Å². The van der Waals surface area contributed by atoms with Crippen LogP contribution in [0.3, 0.4) is 0 Å². The largest absolute Gasteiger partial charge is 0.398 e. The maximum absolute atomic E-state index is 12.2. The third-order valence-electron chi connectivity index (χ3n) is 2.64. The first-order chi connectivity index (χ1) is 8.50. The molecule has 0 radical (unpaired) electrons. The molecule has 0 amide bonds. The van der Waals surface area contributed by atoms with Gasteiger partial charge in [0.1, 0.15) is 4.90 Å². The Morgan fingerprint density at radius 2 is 2.11 bits per heavy atom. The summed E-state index contributed by atoms with van der Waals surface area (Å²) < 4.78 is 25.6. The summed E-state index contributed by atoms with van der Waals surface area (Å²) in [5, 5.41) is 8.65. The lowest BCUT2D eigenvalue weighted by Crippen LogP contribution is -2.28. The summed E-state index contributed by atoms with van der Waals surface area (Å²) in [4.78, 5) is 3.82. The summed E-state index contributed by atoms with van der Waals surface area (Å²) in [6.07, 6.45) is 4.89. The molecule has 0 spiro atoms. The number of aliphatic hydroxyl groups excluding tert-OH is 1. The van der Waals surface area contributed by atoms with Crippen LogP contribution in [0.5, 0.6) is 0 Å². The zero-order chi connectivity index (χ0) is 13.6. The number of anilines is 1. The van der Waals surface area contributed by atoms with Crippen molar-refractivity contribution < 1.29 is 13.5 Å². The quantitative estimate of drug-likeness (QED) is 0.703. The Balaban J connectivity index is 2.72. The van der Waals surface area contributed by atoms with E-state index in [0.29, 0.717) is 19.4 Å². The number of nitrogens with two attached hydrogens (primary N) is 1. The van der Waals surface area contributed by atoms with E-state index in [1.165, 1.54) is 29.8 Å². The van der Waals surface area contributed by atoms with Crippen LogP contribution < -0.4 is 5.73 Å². The third kappa shape index (κ3) is 3.66. The standard InChI is InChI=1S/C11H19N3O3S/c1-14(7-3-2-4-8-15)18(16,17)11-9-13-6-5-10(11)12/h5-6,9,15H,2-4,7-8H2,1H3,(H2,12,13).